The van der Waals surface area contributed by atoms with Gasteiger partial charge >= 0.3 is 0 Å². The van der Waals surface area contributed by atoms with E-state index in [-0.39, 0.29) is 0 Å². The van der Waals surface area contributed by atoms with E-state index in [1.807, 2.05) is 0 Å². The topological polar surface area (TPSA) is 0 Å². The zero-order valence-corrected chi connectivity index (χ0v) is 15.2. The summed E-state index contributed by atoms with van der Waals surface area (Å²) in [6.45, 7) is 9.84. The summed E-state index contributed by atoms with van der Waals surface area (Å²) in [7, 11) is 0. The highest BCUT2D eigenvalue weighted by Gasteiger charge is 2.40. The van der Waals surface area contributed by atoms with Crippen LogP contribution in [0.25, 0.3) is 0 Å². The van der Waals surface area contributed by atoms with Crippen molar-refractivity contribution in [2.75, 3.05) is 0 Å². The molecule has 0 spiro atoms. The van der Waals surface area contributed by atoms with Crippen LogP contribution in [0.5, 0.6) is 0 Å². The second-order valence-electron chi connectivity index (χ2n) is 8.54. The molecule has 2 aliphatic carbocycles. The molecular formula is C21H40. The molecule has 6 unspecified atom stereocenters. The van der Waals surface area contributed by atoms with Crippen LogP contribution in [0.3, 0.4) is 0 Å². The molecule has 2 aliphatic rings. The van der Waals surface area contributed by atoms with E-state index in [1.165, 1.54) is 51.4 Å². The highest BCUT2D eigenvalue weighted by molar-refractivity contribution is 4.90. The Morgan fingerprint density at radius 2 is 1.71 bits per heavy atom. The monoisotopic (exact) mass is 292 g/mol. The number of hydrogen-bond acceptors (Lipinski definition) is 0. The normalized spacial score (nSPS) is 39.7. The van der Waals surface area contributed by atoms with Crippen molar-refractivity contribution < 1.29 is 0 Å². The van der Waals surface area contributed by atoms with Crippen LogP contribution in [0.1, 0.15) is 98.3 Å². The Labute approximate surface area is 134 Å². The van der Waals surface area contributed by atoms with Crippen LogP contribution in [0.4, 0.5) is 0 Å². The molecule has 0 aromatic heterocycles. The Morgan fingerprint density at radius 3 is 2.43 bits per heavy atom. The lowest BCUT2D eigenvalue weighted by atomic mass is 9.78. The summed E-state index contributed by atoms with van der Waals surface area (Å²) >= 11 is 0. The van der Waals surface area contributed by atoms with Gasteiger partial charge in [0.2, 0.25) is 0 Å². The maximum atomic E-state index is 2.53. The van der Waals surface area contributed by atoms with E-state index in [1.54, 1.807) is 19.3 Å². The summed E-state index contributed by atoms with van der Waals surface area (Å²) in [5.41, 5.74) is 0. The Hall–Kier alpha value is 0. The van der Waals surface area contributed by atoms with Crippen molar-refractivity contribution in [3.8, 4) is 0 Å². The fraction of sp³-hybridized carbons (Fsp3) is 1.00. The van der Waals surface area contributed by atoms with Crippen LogP contribution in [-0.4, -0.2) is 0 Å². The standard InChI is InChI=1S/C21H40/c1-5-8-18(6-2)19-10-7-9-16(3)11-12-17(4)21-15-20(21)14-13-19/h16-21H,5-15H2,1-4H3. The number of hydrogen-bond donors (Lipinski definition) is 0. The van der Waals surface area contributed by atoms with E-state index >= 15 is 0 Å². The molecule has 0 saturated heterocycles. The third-order valence-electron chi connectivity index (χ3n) is 6.85. The Bertz CT molecular complexity index is 282. The summed E-state index contributed by atoms with van der Waals surface area (Å²) in [5.74, 6) is 6.24. The largest absolute Gasteiger partial charge is 0.0654 e. The Kier molecular flexibility index (Phi) is 7.10. The van der Waals surface area contributed by atoms with Crippen molar-refractivity contribution >= 4 is 0 Å². The first-order valence-corrected chi connectivity index (χ1v) is 10.2. The van der Waals surface area contributed by atoms with Crippen molar-refractivity contribution in [3.05, 3.63) is 0 Å². The molecule has 2 saturated carbocycles. The summed E-state index contributed by atoms with van der Waals surface area (Å²) in [4.78, 5) is 0. The van der Waals surface area contributed by atoms with Crippen molar-refractivity contribution in [3.63, 3.8) is 0 Å². The van der Waals surface area contributed by atoms with Gasteiger partial charge in [-0.2, -0.15) is 0 Å². The van der Waals surface area contributed by atoms with Crippen LogP contribution < -0.4 is 0 Å². The van der Waals surface area contributed by atoms with Gasteiger partial charge in [-0.15, -0.1) is 0 Å². The summed E-state index contributed by atoms with van der Waals surface area (Å²) in [6, 6.07) is 0. The minimum absolute atomic E-state index is 0.968. The van der Waals surface area contributed by atoms with Gasteiger partial charge in [-0.1, -0.05) is 79.1 Å². The molecule has 0 bridgehead atoms. The van der Waals surface area contributed by atoms with E-state index in [9.17, 15) is 0 Å². The predicted octanol–water partition coefficient (Wildman–Crippen LogP) is 7.08. The molecule has 124 valence electrons. The third kappa shape index (κ3) is 5.29. The van der Waals surface area contributed by atoms with Gasteiger partial charge in [0.25, 0.3) is 0 Å². The summed E-state index contributed by atoms with van der Waals surface area (Å²) in [5, 5.41) is 0. The van der Waals surface area contributed by atoms with Gasteiger partial charge in [-0.3, -0.25) is 0 Å². The van der Waals surface area contributed by atoms with Gasteiger partial charge < -0.3 is 0 Å². The second-order valence-corrected chi connectivity index (χ2v) is 8.54. The SMILES string of the molecule is CCCC(CC)C1CCCC(C)CCC(C)C2CC2CC1. The van der Waals surface area contributed by atoms with E-state index in [0.717, 1.165) is 35.5 Å². The summed E-state index contributed by atoms with van der Waals surface area (Å²) < 4.78 is 0. The van der Waals surface area contributed by atoms with Gasteiger partial charge in [-0.25, -0.2) is 0 Å². The Balaban J connectivity index is 1.92. The van der Waals surface area contributed by atoms with Gasteiger partial charge in [0.1, 0.15) is 0 Å². The van der Waals surface area contributed by atoms with Gasteiger partial charge in [-0.05, 0) is 54.8 Å². The molecule has 21 heavy (non-hydrogen) atoms. The first-order valence-electron chi connectivity index (χ1n) is 10.2. The molecule has 0 heteroatoms. The first-order chi connectivity index (χ1) is 10.2. The van der Waals surface area contributed by atoms with E-state index in [2.05, 4.69) is 27.7 Å². The van der Waals surface area contributed by atoms with E-state index < -0.39 is 0 Å². The van der Waals surface area contributed by atoms with Gasteiger partial charge in [0, 0.05) is 0 Å². The van der Waals surface area contributed by atoms with Crippen LogP contribution in [0, 0.1) is 35.5 Å². The predicted molar refractivity (Wildman–Crippen MR) is 94.4 cm³/mol. The molecule has 0 radical (unpaired) electrons. The van der Waals surface area contributed by atoms with Crippen LogP contribution >= 0.6 is 0 Å². The van der Waals surface area contributed by atoms with E-state index in [4.69, 9.17) is 0 Å². The zero-order chi connectivity index (χ0) is 15.2. The number of fused-ring (bicyclic) bond motifs is 1. The fourth-order valence-corrected chi connectivity index (χ4v) is 5.12. The molecule has 0 amide bonds. The molecule has 0 heterocycles. The quantitative estimate of drug-likeness (QED) is 0.519. The Morgan fingerprint density at radius 1 is 0.905 bits per heavy atom. The van der Waals surface area contributed by atoms with Crippen LogP contribution in [-0.2, 0) is 0 Å². The third-order valence-corrected chi connectivity index (χ3v) is 6.85. The average molecular weight is 293 g/mol. The van der Waals surface area contributed by atoms with Crippen molar-refractivity contribution in [2.45, 2.75) is 98.3 Å². The van der Waals surface area contributed by atoms with Gasteiger partial charge in [0.15, 0.2) is 0 Å². The minimum atomic E-state index is 0.968. The molecule has 0 N–H and O–H groups in total. The lowest BCUT2D eigenvalue weighted by molar-refractivity contribution is 0.239. The van der Waals surface area contributed by atoms with Crippen molar-refractivity contribution in [1.29, 1.82) is 0 Å². The molecule has 2 rings (SSSR count). The lowest BCUT2D eigenvalue weighted by Crippen LogP contribution is -2.16. The van der Waals surface area contributed by atoms with Gasteiger partial charge in [0.05, 0.1) is 0 Å². The molecule has 0 aromatic carbocycles. The maximum Gasteiger partial charge on any atom is -0.0357 e. The zero-order valence-electron chi connectivity index (χ0n) is 15.2. The molecular weight excluding hydrogens is 252 g/mol. The van der Waals surface area contributed by atoms with Crippen molar-refractivity contribution in [1.82, 2.24) is 0 Å². The highest BCUT2D eigenvalue weighted by Crippen LogP contribution is 2.50. The molecule has 0 nitrogen and oxygen atoms in total. The number of rotatable bonds is 4. The maximum absolute atomic E-state index is 2.53. The van der Waals surface area contributed by atoms with Crippen LogP contribution in [0.2, 0.25) is 0 Å². The van der Waals surface area contributed by atoms with E-state index in [0.29, 0.717) is 0 Å². The first kappa shape index (κ1) is 17.4. The average Bonchev–Trinajstić information content (AvgIpc) is 3.24. The lowest BCUT2D eigenvalue weighted by Gasteiger charge is -2.27. The van der Waals surface area contributed by atoms with Crippen molar-refractivity contribution in [2.24, 2.45) is 35.5 Å². The molecule has 0 aliphatic heterocycles. The smallest absolute Gasteiger partial charge is 0.0357 e. The molecule has 2 fully saturated rings. The summed E-state index contributed by atoms with van der Waals surface area (Å²) in [6.07, 6.45) is 16.4. The highest BCUT2D eigenvalue weighted by atomic mass is 14.5. The molecule has 0 aromatic rings. The molecule has 6 atom stereocenters. The van der Waals surface area contributed by atoms with Crippen LogP contribution in [0.15, 0.2) is 0 Å². The minimum Gasteiger partial charge on any atom is -0.0654 e. The second kappa shape index (κ2) is 8.59. The fourth-order valence-electron chi connectivity index (χ4n) is 5.12.